The molecule has 0 atom stereocenters. The van der Waals surface area contributed by atoms with E-state index in [1.54, 1.807) is 11.8 Å². The van der Waals surface area contributed by atoms with E-state index in [0.29, 0.717) is 5.13 Å². The molecule has 1 heterocycles. The first-order chi connectivity index (χ1) is 11.2. The van der Waals surface area contributed by atoms with Crippen molar-refractivity contribution in [1.82, 2.24) is 10.2 Å². The predicted octanol–water partition coefficient (Wildman–Crippen LogP) is 3.43. The molecule has 3 N–H and O–H groups in total. The molecule has 0 aliphatic heterocycles. The van der Waals surface area contributed by atoms with Gasteiger partial charge in [-0.05, 0) is 18.4 Å². The molecule has 1 fully saturated rings. The average Bonchev–Trinajstić information content (AvgIpc) is 3.02. The SMILES string of the molecule is NC1(C(=O)Nc2nnc(SCc3ccccc3)s2)CCCCC1. The molecular formula is C16H20N4OS2. The monoisotopic (exact) mass is 348 g/mol. The highest BCUT2D eigenvalue weighted by molar-refractivity contribution is 8.00. The zero-order valence-electron chi connectivity index (χ0n) is 12.8. The van der Waals surface area contributed by atoms with Crippen LogP contribution in [0.5, 0.6) is 0 Å². The zero-order valence-corrected chi connectivity index (χ0v) is 14.5. The van der Waals surface area contributed by atoms with Crippen LogP contribution >= 0.6 is 23.1 Å². The van der Waals surface area contributed by atoms with E-state index in [2.05, 4.69) is 27.6 Å². The molecule has 3 rings (SSSR count). The molecular weight excluding hydrogens is 328 g/mol. The maximum absolute atomic E-state index is 12.4. The van der Waals surface area contributed by atoms with Crippen LogP contribution in [-0.2, 0) is 10.5 Å². The number of aromatic nitrogens is 2. The van der Waals surface area contributed by atoms with E-state index in [-0.39, 0.29) is 5.91 Å². The van der Waals surface area contributed by atoms with Crippen molar-refractivity contribution in [3.05, 3.63) is 35.9 Å². The molecule has 23 heavy (non-hydrogen) atoms. The van der Waals surface area contributed by atoms with E-state index >= 15 is 0 Å². The number of nitrogens with one attached hydrogen (secondary N) is 1. The molecule has 0 saturated heterocycles. The van der Waals surface area contributed by atoms with Crippen LogP contribution < -0.4 is 11.1 Å². The Balaban J connectivity index is 1.55. The van der Waals surface area contributed by atoms with Crippen LogP contribution in [0.25, 0.3) is 0 Å². The van der Waals surface area contributed by atoms with Gasteiger partial charge in [-0.1, -0.05) is 72.7 Å². The number of nitrogens with two attached hydrogens (primary N) is 1. The largest absolute Gasteiger partial charge is 0.317 e. The summed E-state index contributed by atoms with van der Waals surface area (Å²) >= 11 is 3.01. The van der Waals surface area contributed by atoms with Crippen LogP contribution in [0, 0.1) is 0 Å². The Labute approximate surface area is 144 Å². The van der Waals surface area contributed by atoms with Crippen LogP contribution in [0.2, 0.25) is 0 Å². The van der Waals surface area contributed by atoms with Crippen molar-refractivity contribution in [3.8, 4) is 0 Å². The van der Waals surface area contributed by atoms with Gasteiger partial charge in [-0.25, -0.2) is 0 Å². The Hall–Kier alpha value is -1.44. The number of benzene rings is 1. The maximum Gasteiger partial charge on any atom is 0.246 e. The fourth-order valence-corrected chi connectivity index (χ4v) is 4.37. The number of hydrogen-bond donors (Lipinski definition) is 2. The average molecular weight is 348 g/mol. The quantitative estimate of drug-likeness (QED) is 0.639. The number of amides is 1. The van der Waals surface area contributed by atoms with Crippen molar-refractivity contribution >= 4 is 34.1 Å². The van der Waals surface area contributed by atoms with E-state index in [9.17, 15) is 4.79 Å². The van der Waals surface area contributed by atoms with Gasteiger partial charge in [0, 0.05) is 5.75 Å². The molecule has 1 aromatic carbocycles. The molecule has 122 valence electrons. The second kappa shape index (κ2) is 7.42. The Morgan fingerprint density at radius 3 is 2.70 bits per heavy atom. The van der Waals surface area contributed by atoms with Gasteiger partial charge < -0.3 is 5.73 Å². The van der Waals surface area contributed by atoms with Gasteiger partial charge in [0.2, 0.25) is 11.0 Å². The Morgan fingerprint density at radius 1 is 1.22 bits per heavy atom. The van der Waals surface area contributed by atoms with Crippen LogP contribution in [-0.4, -0.2) is 21.6 Å². The number of carbonyl (C=O) groups excluding carboxylic acids is 1. The van der Waals surface area contributed by atoms with Crippen molar-refractivity contribution in [3.63, 3.8) is 0 Å². The fourth-order valence-electron chi connectivity index (χ4n) is 2.67. The molecule has 0 radical (unpaired) electrons. The maximum atomic E-state index is 12.4. The Kier molecular flexibility index (Phi) is 5.30. The van der Waals surface area contributed by atoms with Gasteiger partial charge in [0.15, 0.2) is 4.34 Å². The van der Waals surface area contributed by atoms with Crippen LogP contribution in [0.15, 0.2) is 34.7 Å². The van der Waals surface area contributed by atoms with Gasteiger partial charge in [0.1, 0.15) is 0 Å². The third-order valence-corrected chi connectivity index (χ3v) is 6.07. The summed E-state index contributed by atoms with van der Waals surface area (Å²) in [5, 5.41) is 11.5. The Morgan fingerprint density at radius 2 is 1.96 bits per heavy atom. The van der Waals surface area contributed by atoms with Gasteiger partial charge in [-0.15, -0.1) is 10.2 Å². The zero-order chi connectivity index (χ0) is 16.1. The molecule has 1 amide bonds. The predicted molar refractivity (Wildman–Crippen MR) is 94.5 cm³/mol. The second-order valence-electron chi connectivity index (χ2n) is 5.82. The van der Waals surface area contributed by atoms with E-state index in [0.717, 1.165) is 42.2 Å². The van der Waals surface area contributed by atoms with Gasteiger partial charge in [0.25, 0.3) is 0 Å². The summed E-state index contributed by atoms with van der Waals surface area (Å²) < 4.78 is 0.846. The minimum Gasteiger partial charge on any atom is -0.317 e. The lowest BCUT2D eigenvalue weighted by Crippen LogP contribution is -2.52. The lowest BCUT2D eigenvalue weighted by atomic mass is 9.82. The first kappa shape index (κ1) is 16.4. The number of carbonyl (C=O) groups is 1. The minimum atomic E-state index is -0.749. The summed E-state index contributed by atoms with van der Waals surface area (Å²) in [6, 6.07) is 10.2. The highest BCUT2D eigenvalue weighted by atomic mass is 32.2. The van der Waals surface area contributed by atoms with Crippen LogP contribution in [0.4, 0.5) is 5.13 Å². The van der Waals surface area contributed by atoms with E-state index in [1.807, 2.05) is 18.2 Å². The summed E-state index contributed by atoms with van der Waals surface area (Å²) in [5.74, 6) is 0.706. The molecule has 0 bridgehead atoms. The molecule has 0 unspecified atom stereocenters. The van der Waals surface area contributed by atoms with E-state index in [4.69, 9.17) is 5.73 Å². The van der Waals surface area contributed by atoms with Crippen molar-refractivity contribution in [1.29, 1.82) is 0 Å². The molecule has 0 spiro atoms. The smallest absolute Gasteiger partial charge is 0.246 e. The summed E-state index contributed by atoms with van der Waals surface area (Å²) in [6.45, 7) is 0. The summed E-state index contributed by atoms with van der Waals surface area (Å²) in [7, 11) is 0. The molecule has 1 aliphatic rings. The highest BCUT2D eigenvalue weighted by Gasteiger charge is 2.35. The number of nitrogens with zero attached hydrogens (tertiary/aromatic N) is 2. The summed E-state index contributed by atoms with van der Waals surface area (Å²) in [6.07, 6.45) is 4.67. The van der Waals surface area contributed by atoms with Crippen molar-refractivity contribution in [2.45, 2.75) is 47.7 Å². The van der Waals surface area contributed by atoms with E-state index in [1.165, 1.54) is 16.9 Å². The van der Waals surface area contributed by atoms with E-state index < -0.39 is 5.54 Å². The number of hydrogen-bond acceptors (Lipinski definition) is 6. The fraction of sp³-hybridized carbons (Fsp3) is 0.438. The molecule has 5 nitrogen and oxygen atoms in total. The van der Waals surface area contributed by atoms with Gasteiger partial charge in [0.05, 0.1) is 5.54 Å². The van der Waals surface area contributed by atoms with Crippen molar-refractivity contribution in [2.75, 3.05) is 5.32 Å². The van der Waals surface area contributed by atoms with Gasteiger partial charge in [-0.3, -0.25) is 10.1 Å². The molecule has 1 saturated carbocycles. The highest BCUT2D eigenvalue weighted by Crippen LogP contribution is 2.30. The van der Waals surface area contributed by atoms with Crippen LogP contribution in [0.1, 0.15) is 37.7 Å². The molecule has 1 aromatic heterocycles. The normalized spacial score (nSPS) is 16.9. The lowest BCUT2D eigenvalue weighted by Gasteiger charge is -2.31. The Bertz CT molecular complexity index is 653. The second-order valence-corrected chi connectivity index (χ2v) is 8.02. The molecule has 7 heteroatoms. The summed E-state index contributed by atoms with van der Waals surface area (Å²) in [4.78, 5) is 12.4. The topological polar surface area (TPSA) is 80.9 Å². The van der Waals surface area contributed by atoms with Gasteiger partial charge >= 0.3 is 0 Å². The van der Waals surface area contributed by atoms with Crippen LogP contribution in [0.3, 0.4) is 0 Å². The molecule has 1 aliphatic carbocycles. The van der Waals surface area contributed by atoms with Crippen molar-refractivity contribution < 1.29 is 4.79 Å². The number of thioether (sulfide) groups is 1. The lowest BCUT2D eigenvalue weighted by molar-refractivity contribution is -0.122. The third kappa shape index (κ3) is 4.31. The number of rotatable bonds is 5. The third-order valence-electron chi connectivity index (χ3n) is 4.03. The molecule has 2 aromatic rings. The van der Waals surface area contributed by atoms with Gasteiger partial charge in [-0.2, -0.15) is 0 Å². The summed E-state index contributed by atoms with van der Waals surface area (Å²) in [5.41, 5.74) is 6.72. The number of anilines is 1. The van der Waals surface area contributed by atoms with Crippen molar-refractivity contribution in [2.24, 2.45) is 5.73 Å². The first-order valence-corrected chi connectivity index (χ1v) is 9.56. The standard InChI is InChI=1S/C16H20N4OS2/c17-16(9-5-2-6-10-16)13(21)18-14-19-20-15(23-14)22-11-12-7-3-1-4-8-12/h1,3-4,7-8H,2,5-6,9-11,17H2,(H,18,19,21). The first-order valence-electron chi connectivity index (χ1n) is 7.76. The minimum absolute atomic E-state index is 0.132.